The van der Waals surface area contributed by atoms with Gasteiger partial charge in [0.05, 0.1) is 6.10 Å². The molecule has 366 valence electrons. The molecule has 4 aromatic rings. The zero-order valence-electron chi connectivity index (χ0n) is 40.9. The van der Waals surface area contributed by atoms with E-state index in [1.807, 2.05) is 121 Å². The van der Waals surface area contributed by atoms with E-state index in [0.717, 1.165) is 22.3 Å². The minimum atomic E-state index is -1.26. The monoisotopic (exact) mass is 935 g/mol. The Morgan fingerprint density at radius 3 is 0.941 bits per heavy atom. The number of hydrogen-bond donors (Lipinski definition) is 1. The molecule has 6 amide bonds. The topological polar surface area (TPSA) is 161 Å². The molecule has 0 bridgehead atoms. The number of hydrogen-bond acceptors (Lipinski definition) is 9. The summed E-state index contributed by atoms with van der Waals surface area (Å²) in [5, 5.41) is 11.8. The summed E-state index contributed by atoms with van der Waals surface area (Å²) >= 11 is 0. The second kappa shape index (κ2) is 27.2. The third kappa shape index (κ3) is 17.5. The van der Waals surface area contributed by atoms with Crippen LogP contribution >= 0.6 is 0 Å². The first-order valence-electron chi connectivity index (χ1n) is 23.3. The summed E-state index contributed by atoms with van der Waals surface area (Å²) in [4.78, 5) is 91.5. The van der Waals surface area contributed by atoms with Gasteiger partial charge in [-0.05, 0) is 77.6 Å². The Morgan fingerprint density at radius 1 is 0.397 bits per heavy atom. The predicted octanol–water partition coefficient (Wildman–Crippen LogP) is 6.97. The fourth-order valence-electron chi connectivity index (χ4n) is 7.29. The predicted molar refractivity (Wildman–Crippen MR) is 260 cm³/mol. The molecule has 1 N–H and O–H groups in total. The zero-order chi connectivity index (χ0) is 49.8. The van der Waals surface area contributed by atoms with E-state index < -0.39 is 54.0 Å². The molecule has 0 aromatic heterocycles. The molecule has 0 aliphatic heterocycles. The second-order valence-corrected chi connectivity index (χ2v) is 17.9. The van der Waals surface area contributed by atoms with Crippen LogP contribution in [0.4, 0.5) is 9.59 Å². The maximum Gasteiger partial charge on any atom is 0.410 e. The van der Waals surface area contributed by atoms with Crippen molar-refractivity contribution in [3.8, 4) is 0 Å². The van der Waals surface area contributed by atoms with E-state index in [0.29, 0.717) is 0 Å². The lowest BCUT2D eigenvalue weighted by molar-refractivity contribution is -0.145. The molecule has 0 saturated heterocycles. The van der Waals surface area contributed by atoms with Crippen LogP contribution in [0.5, 0.6) is 0 Å². The fourth-order valence-corrected chi connectivity index (χ4v) is 7.29. The standard InChI is InChI=1S/C53H70N6O9/c1-39(2)56(50(63)35-58(41(5)6)52(65)67-37-45-25-17-11-18-26-45)33-48(61)54(29-43-21-13-9-14-22-43)31-47(60)32-55(30-44-23-15-10-16-24-44)49(62)34-57(40(3)4)51(64)36-59(42(7)8)53(66)68-38-46-27-19-12-20-28-46/h9-28,39-42,47,60H,29-38H2,1-8H3. The van der Waals surface area contributed by atoms with Gasteiger partial charge in [-0.1, -0.05) is 121 Å². The Kier molecular flexibility index (Phi) is 21.5. The molecule has 15 heteroatoms. The summed E-state index contributed by atoms with van der Waals surface area (Å²) in [6, 6.07) is 35.3. The number of carbonyl (C=O) groups excluding carboxylic acids is 6. The number of amides is 6. The van der Waals surface area contributed by atoms with E-state index in [9.17, 15) is 33.9 Å². The van der Waals surface area contributed by atoms with E-state index in [1.54, 1.807) is 55.4 Å². The van der Waals surface area contributed by atoms with Crippen molar-refractivity contribution in [2.75, 3.05) is 39.3 Å². The third-order valence-corrected chi connectivity index (χ3v) is 11.2. The van der Waals surface area contributed by atoms with E-state index in [4.69, 9.17) is 9.47 Å². The molecule has 0 heterocycles. The number of nitrogens with zero attached hydrogens (tertiary/aromatic N) is 6. The highest BCUT2D eigenvalue weighted by molar-refractivity contribution is 5.89. The molecule has 0 radical (unpaired) electrons. The number of benzene rings is 4. The molecule has 0 unspecified atom stereocenters. The van der Waals surface area contributed by atoms with Crippen molar-refractivity contribution >= 4 is 35.8 Å². The van der Waals surface area contributed by atoms with Crippen LogP contribution in [0.25, 0.3) is 0 Å². The van der Waals surface area contributed by atoms with Crippen molar-refractivity contribution in [1.29, 1.82) is 0 Å². The molecule has 0 aliphatic carbocycles. The van der Waals surface area contributed by atoms with Crippen LogP contribution < -0.4 is 0 Å². The normalized spacial score (nSPS) is 11.1. The lowest BCUT2D eigenvalue weighted by Gasteiger charge is -2.35. The third-order valence-electron chi connectivity index (χ3n) is 11.2. The Labute approximate surface area is 402 Å². The zero-order valence-corrected chi connectivity index (χ0v) is 40.9. The van der Waals surface area contributed by atoms with Gasteiger partial charge in [0.15, 0.2) is 0 Å². The maximum absolute atomic E-state index is 14.4. The van der Waals surface area contributed by atoms with Crippen LogP contribution in [0.1, 0.15) is 77.6 Å². The van der Waals surface area contributed by atoms with Crippen molar-refractivity contribution in [2.24, 2.45) is 0 Å². The average Bonchev–Trinajstić information content (AvgIpc) is 3.32. The molecular weight excluding hydrogens is 865 g/mol. The van der Waals surface area contributed by atoms with Crippen molar-refractivity contribution < 1.29 is 43.3 Å². The summed E-state index contributed by atoms with van der Waals surface area (Å²) in [7, 11) is 0. The van der Waals surface area contributed by atoms with E-state index in [2.05, 4.69) is 0 Å². The van der Waals surface area contributed by atoms with Gasteiger partial charge >= 0.3 is 12.2 Å². The summed E-state index contributed by atoms with van der Waals surface area (Å²) in [5.41, 5.74) is 3.17. The quantitative estimate of drug-likeness (QED) is 0.0783. The van der Waals surface area contributed by atoms with Crippen LogP contribution in [0.3, 0.4) is 0 Å². The van der Waals surface area contributed by atoms with Gasteiger partial charge in [-0.2, -0.15) is 0 Å². The lowest BCUT2D eigenvalue weighted by Crippen LogP contribution is -2.53. The van der Waals surface area contributed by atoms with Crippen molar-refractivity contribution in [2.45, 2.75) is 112 Å². The van der Waals surface area contributed by atoms with Crippen LogP contribution in [-0.2, 0) is 55.0 Å². The Morgan fingerprint density at radius 2 is 0.662 bits per heavy atom. The van der Waals surface area contributed by atoms with Gasteiger partial charge in [-0.15, -0.1) is 0 Å². The van der Waals surface area contributed by atoms with Crippen LogP contribution in [0.15, 0.2) is 121 Å². The molecule has 4 rings (SSSR count). The minimum absolute atomic E-state index is 0.0354. The lowest BCUT2D eigenvalue weighted by atomic mass is 10.1. The van der Waals surface area contributed by atoms with E-state index in [-0.39, 0.29) is 77.7 Å². The van der Waals surface area contributed by atoms with Gasteiger partial charge in [0.2, 0.25) is 23.6 Å². The number of aliphatic hydroxyl groups excluding tert-OH is 1. The Balaban J connectivity index is 1.51. The van der Waals surface area contributed by atoms with Crippen LogP contribution in [-0.4, -0.2) is 140 Å². The molecule has 0 fully saturated rings. The fraction of sp³-hybridized carbons (Fsp3) is 0.434. The van der Waals surface area contributed by atoms with Crippen LogP contribution in [0.2, 0.25) is 0 Å². The van der Waals surface area contributed by atoms with Crippen molar-refractivity contribution in [3.05, 3.63) is 144 Å². The highest BCUT2D eigenvalue weighted by Gasteiger charge is 2.32. The van der Waals surface area contributed by atoms with Gasteiger partial charge in [0.25, 0.3) is 0 Å². The molecule has 0 spiro atoms. The number of ether oxygens (including phenoxy) is 2. The SMILES string of the molecule is CC(C)N(CC(=O)N(Cc1ccccc1)CC(O)CN(Cc1ccccc1)C(=O)CN(C(=O)CN(C(=O)OCc1ccccc1)C(C)C)C(C)C)C(=O)CN(C(=O)OCc1ccccc1)C(C)C. The molecule has 0 saturated carbocycles. The van der Waals surface area contributed by atoms with Crippen molar-refractivity contribution in [3.63, 3.8) is 0 Å². The van der Waals surface area contributed by atoms with Gasteiger partial charge in [-0.25, -0.2) is 9.59 Å². The van der Waals surface area contributed by atoms with Gasteiger partial charge in [0.1, 0.15) is 39.4 Å². The number of rotatable bonds is 24. The molecule has 15 nitrogen and oxygen atoms in total. The Hall–Kier alpha value is -6.74. The van der Waals surface area contributed by atoms with Gasteiger partial charge in [-0.3, -0.25) is 29.0 Å². The molecule has 68 heavy (non-hydrogen) atoms. The first-order valence-corrected chi connectivity index (χ1v) is 23.3. The summed E-state index contributed by atoms with van der Waals surface area (Å²) < 4.78 is 11.1. The summed E-state index contributed by atoms with van der Waals surface area (Å²) in [6.45, 7) is 12.8. The number of aliphatic hydroxyl groups is 1. The maximum atomic E-state index is 14.4. The summed E-state index contributed by atoms with van der Waals surface area (Å²) in [5.74, 6) is -1.81. The van der Waals surface area contributed by atoms with E-state index >= 15 is 0 Å². The van der Waals surface area contributed by atoms with Gasteiger partial charge in [0, 0.05) is 50.3 Å². The van der Waals surface area contributed by atoms with Crippen LogP contribution in [0, 0.1) is 0 Å². The molecule has 0 atom stereocenters. The first-order chi connectivity index (χ1) is 32.4. The Bertz CT molecular complexity index is 2040. The highest BCUT2D eigenvalue weighted by Crippen LogP contribution is 2.15. The molecule has 0 aliphatic rings. The largest absolute Gasteiger partial charge is 0.445 e. The summed E-state index contributed by atoms with van der Waals surface area (Å²) in [6.07, 6.45) is -2.57. The van der Waals surface area contributed by atoms with E-state index in [1.165, 1.54) is 29.4 Å². The molecule has 4 aromatic carbocycles. The average molecular weight is 935 g/mol. The highest BCUT2D eigenvalue weighted by atomic mass is 16.6. The smallest absolute Gasteiger partial charge is 0.410 e. The van der Waals surface area contributed by atoms with Gasteiger partial charge < -0.3 is 34.2 Å². The minimum Gasteiger partial charge on any atom is -0.445 e. The van der Waals surface area contributed by atoms with Crippen molar-refractivity contribution in [1.82, 2.24) is 29.4 Å². The number of carbonyl (C=O) groups is 6. The molecular formula is C53H70N6O9. The second-order valence-electron chi connectivity index (χ2n) is 17.9. The first kappa shape index (κ1) is 53.9.